The first-order valence-corrected chi connectivity index (χ1v) is 6.86. The molecular weight excluding hydrogens is 214 g/mol. The van der Waals surface area contributed by atoms with Crippen molar-refractivity contribution in [3.63, 3.8) is 0 Å². The number of amides is 1. The van der Waals surface area contributed by atoms with E-state index < -0.39 is 0 Å². The van der Waals surface area contributed by atoms with E-state index in [2.05, 4.69) is 17.1 Å². The number of nitrogens with two attached hydrogens (primary N) is 1. The van der Waals surface area contributed by atoms with Crippen LogP contribution in [0.5, 0.6) is 0 Å². The topological polar surface area (TPSA) is 58.4 Å². The van der Waals surface area contributed by atoms with Gasteiger partial charge in [-0.05, 0) is 51.1 Å². The number of carbonyl (C=O) groups is 1. The number of hydrogen-bond donors (Lipinski definition) is 2. The summed E-state index contributed by atoms with van der Waals surface area (Å²) in [6, 6.07) is 0.455. The standard InChI is InChI=1S/C13H25N3O/c1-9-5-6-16(8-11(9)7-14)10(2)13(17)15-12-3-4-12/h9-12H,3-8,14H2,1-2H3,(H,15,17). The molecule has 1 aliphatic carbocycles. The number of nitrogens with zero attached hydrogens (tertiary/aromatic N) is 1. The maximum atomic E-state index is 12.0. The summed E-state index contributed by atoms with van der Waals surface area (Å²) >= 11 is 0. The molecule has 0 aromatic rings. The van der Waals surface area contributed by atoms with E-state index in [0.29, 0.717) is 17.9 Å². The molecule has 0 aromatic carbocycles. The fourth-order valence-corrected chi connectivity index (χ4v) is 2.55. The molecule has 3 N–H and O–H groups in total. The van der Waals surface area contributed by atoms with E-state index in [-0.39, 0.29) is 11.9 Å². The van der Waals surface area contributed by atoms with Gasteiger partial charge in [0.15, 0.2) is 0 Å². The minimum Gasteiger partial charge on any atom is -0.352 e. The molecule has 4 nitrogen and oxygen atoms in total. The summed E-state index contributed by atoms with van der Waals surface area (Å²) in [6.45, 7) is 7.01. The van der Waals surface area contributed by atoms with E-state index in [4.69, 9.17) is 5.73 Å². The van der Waals surface area contributed by atoms with Crippen molar-refractivity contribution in [1.29, 1.82) is 0 Å². The van der Waals surface area contributed by atoms with Gasteiger partial charge in [0.2, 0.25) is 5.91 Å². The largest absolute Gasteiger partial charge is 0.352 e. The van der Waals surface area contributed by atoms with E-state index >= 15 is 0 Å². The van der Waals surface area contributed by atoms with Crippen LogP contribution in [0.2, 0.25) is 0 Å². The lowest BCUT2D eigenvalue weighted by molar-refractivity contribution is -0.127. The maximum absolute atomic E-state index is 12.0. The van der Waals surface area contributed by atoms with Gasteiger partial charge in [-0.25, -0.2) is 0 Å². The fraction of sp³-hybridized carbons (Fsp3) is 0.923. The monoisotopic (exact) mass is 239 g/mol. The average molecular weight is 239 g/mol. The van der Waals surface area contributed by atoms with Crippen LogP contribution in [0.4, 0.5) is 0 Å². The molecule has 3 unspecified atom stereocenters. The fourth-order valence-electron chi connectivity index (χ4n) is 2.55. The zero-order valence-electron chi connectivity index (χ0n) is 11.0. The average Bonchev–Trinajstić information content (AvgIpc) is 3.12. The lowest BCUT2D eigenvalue weighted by atomic mass is 9.86. The van der Waals surface area contributed by atoms with E-state index in [9.17, 15) is 4.79 Å². The smallest absolute Gasteiger partial charge is 0.237 e. The highest BCUT2D eigenvalue weighted by atomic mass is 16.2. The minimum absolute atomic E-state index is 0.00264. The third-order valence-electron chi connectivity index (χ3n) is 4.30. The highest BCUT2D eigenvalue weighted by molar-refractivity contribution is 5.81. The van der Waals surface area contributed by atoms with Crippen LogP contribution in [0.1, 0.15) is 33.1 Å². The molecule has 2 aliphatic rings. The van der Waals surface area contributed by atoms with Gasteiger partial charge in [-0.2, -0.15) is 0 Å². The Morgan fingerprint density at radius 3 is 2.76 bits per heavy atom. The van der Waals surface area contributed by atoms with Crippen LogP contribution in [0.3, 0.4) is 0 Å². The lowest BCUT2D eigenvalue weighted by Gasteiger charge is -2.39. The summed E-state index contributed by atoms with van der Waals surface area (Å²) in [5.41, 5.74) is 5.80. The first-order valence-electron chi connectivity index (χ1n) is 6.86. The Morgan fingerprint density at radius 1 is 1.47 bits per heavy atom. The van der Waals surface area contributed by atoms with E-state index in [1.807, 2.05) is 6.92 Å². The van der Waals surface area contributed by atoms with Crippen LogP contribution >= 0.6 is 0 Å². The Kier molecular flexibility index (Phi) is 4.05. The molecule has 0 aromatic heterocycles. The van der Waals surface area contributed by atoms with Gasteiger partial charge < -0.3 is 11.1 Å². The normalized spacial score (nSPS) is 32.2. The third kappa shape index (κ3) is 3.19. The zero-order chi connectivity index (χ0) is 12.4. The van der Waals surface area contributed by atoms with Crippen molar-refractivity contribution in [2.24, 2.45) is 17.6 Å². The van der Waals surface area contributed by atoms with Crippen molar-refractivity contribution in [3.8, 4) is 0 Å². The van der Waals surface area contributed by atoms with Crippen LogP contribution in [-0.2, 0) is 4.79 Å². The van der Waals surface area contributed by atoms with Crippen molar-refractivity contribution < 1.29 is 4.79 Å². The maximum Gasteiger partial charge on any atom is 0.237 e. The van der Waals surface area contributed by atoms with Crippen LogP contribution in [0.15, 0.2) is 0 Å². The Hall–Kier alpha value is -0.610. The van der Waals surface area contributed by atoms with Gasteiger partial charge in [-0.3, -0.25) is 9.69 Å². The van der Waals surface area contributed by atoms with E-state index in [1.54, 1.807) is 0 Å². The Morgan fingerprint density at radius 2 is 2.18 bits per heavy atom. The first kappa shape index (κ1) is 12.8. The number of carbonyl (C=O) groups excluding carboxylic acids is 1. The predicted octanol–water partition coefficient (Wildman–Crippen LogP) is 0.570. The second-order valence-corrected chi connectivity index (χ2v) is 5.72. The van der Waals surface area contributed by atoms with Gasteiger partial charge in [-0.1, -0.05) is 6.92 Å². The van der Waals surface area contributed by atoms with E-state index in [0.717, 1.165) is 38.9 Å². The molecule has 17 heavy (non-hydrogen) atoms. The highest BCUT2D eigenvalue weighted by Gasteiger charge is 2.32. The molecule has 0 bridgehead atoms. The molecule has 98 valence electrons. The molecule has 1 saturated heterocycles. The van der Waals surface area contributed by atoms with Crippen LogP contribution in [-0.4, -0.2) is 42.5 Å². The highest BCUT2D eigenvalue weighted by Crippen LogP contribution is 2.24. The van der Waals surface area contributed by atoms with Gasteiger partial charge in [0.1, 0.15) is 0 Å². The van der Waals surface area contributed by atoms with Gasteiger partial charge in [-0.15, -0.1) is 0 Å². The number of hydrogen-bond acceptors (Lipinski definition) is 3. The number of piperidine rings is 1. The zero-order valence-corrected chi connectivity index (χ0v) is 11.0. The number of nitrogens with one attached hydrogen (secondary N) is 1. The summed E-state index contributed by atoms with van der Waals surface area (Å²) in [5, 5.41) is 3.08. The van der Waals surface area contributed by atoms with Crippen molar-refractivity contribution >= 4 is 5.91 Å². The molecule has 0 radical (unpaired) electrons. The second-order valence-electron chi connectivity index (χ2n) is 5.72. The Bertz CT molecular complexity index is 278. The molecule has 2 rings (SSSR count). The summed E-state index contributed by atoms with van der Waals surface area (Å²) in [4.78, 5) is 14.3. The molecule has 0 spiro atoms. The quantitative estimate of drug-likeness (QED) is 0.754. The number of likely N-dealkylation sites (tertiary alicyclic amines) is 1. The number of rotatable bonds is 4. The van der Waals surface area contributed by atoms with Gasteiger partial charge >= 0.3 is 0 Å². The molecule has 1 heterocycles. The van der Waals surface area contributed by atoms with Crippen molar-refractivity contribution in [2.75, 3.05) is 19.6 Å². The second kappa shape index (κ2) is 5.36. The van der Waals surface area contributed by atoms with Crippen molar-refractivity contribution in [3.05, 3.63) is 0 Å². The van der Waals surface area contributed by atoms with Crippen molar-refractivity contribution in [1.82, 2.24) is 10.2 Å². The summed E-state index contributed by atoms with van der Waals surface area (Å²) in [6.07, 6.45) is 3.46. The summed E-state index contributed by atoms with van der Waals surface area (Å²) in [7, 11) is 0. The predicted molar refractivity (Wildman–Crippen MR) is 68.5 cm³/mol. The summed E-state index contributed by atoms with van der Waals surface area (Å²) in [5.74, 6) is 1.42. The Labute approximate surface area is 104 Å². The summed E-state index contributed by atoms with van der Waals surface area (Å²) < 4.78 is 0. The minimum atomic E-state index is -0.00264. The molecular formula is C13H25N3O. The van der Waals surface area contributed by atoms with E-state index in [1.165, 1.54) is 0 Å². The molecule has 1 saturated carbocycles. The molecule has 3 atom stereocenters. The Balaban J connectivity index is 1.85. The van der Waals surface area contributed by atoms with Crippen LogP contribution in [0.25, 0.3) is 0 Å². The molecule has 4 heteroatoms. The van der Waals surface area contributed by atoms with Gasteiger partial charge in [0.05, 0.1) is 6.04 Å². The van der Waals surface area contributed by atoms with Gasteiger partial charge in [0, 0.05) is 12.6 Å². The molecule has 1 aliphatic heterocycles. The molecule has 1 amide bonds. The molecule has 2 fully saturated rings. The third-order valence-corrected chi connectivity index (χ3v) is 4.30. The lowest BCUT2D eigenvalue weighted by Crippen LogP contribution is -2.52. The van der Waals surface area contributed by atoms with Crippen LogP contribution < -0.4 is 11.1 Å². The first-order chi connectivity index (χ1) is 8.11. The SMILES string of the molecule is CC1CCN(C(C)C(=O)NC2CC2)CC1CN. The van der Waals surface area contributed by atoms with Crippen LogP contribution in [0, 0.1) is 11.8 Å². The van der Waals surface area contributed by atoms with Crippen molar-refractivity contribution in [2.45, 2.75) is 45.2 Å². The van der Waals surface area contributed by atoms with Gasteiger partial charge in [0.25, 0.3) is 0 Å².